The molecular weight excluding hydrogens is 617 g/mol. The van der Waals surface area contributed by atoms with Crippen LogP contribution in [0.2, 0.25) is 0 Å². The Balaban J connectivity index is 1.24. The smallest absolute Gasteiger partial charge is 0.336 e. The zero-order valence-corrected chi connectivity index (χ0v) is 30.9. The number of hydrogen-bond acceptors (Lipinski definition) is 8. The van der Waals surface area contributed by atoms with E-state index in [2.05, 4.69) is 59.7 Å². The van der Waals surface area contributed by atoms with Gasteiger partial charge in [0.2, 0.25) is 5.91 Å². The van der Waals surface area contributed by atoms with Gasteiger partial charge < -0.3 is 9.57 Å². The number of allylic oxidation sites excluding steroid dienone is 2. The molecule has 1 heterocycles. The highest BCUT2D eigenvalue weighted by molar-refractivity contribution is 8.23. The van der Waals surface area contributed by atoms with Crippen LogP contribution in [0.3, 0.4) is 0 Å². The number of carbonyl (C=O) groups is 3. The van der Waals surface area contributed by atoms with E-state index < -0.39 is 5.97 Å². The summed E-state index contributed by atoms with van der Waals surface area (Å²) in [4.78, 5) is 45.2. The molecule has 0 spiro atoms. The minimum Gasteiger partial charge on any atom is -0.469 e. The van der Waals surface area contributed by atoms with E-state index in [9.17, 15) is 14.4 Å². The van der Waals surface area contributed by atoms with Crippen LogP contribution in [0.1, 0.15) is 119 Å². The van der Waals surface area contributed by atoms with Crippen molar-refractivity contribution in [3.63, 3.8) is 0 Å². The van der Waals surface area contributed by atoms with Crippen molar-refractivity contribution in [3.05, 3.63) is 11.6 Å². The van der Waals surface area contributed by atoms with Gasteiger partial charge in [0.15, 0.2) is 0 Å². The first-order valence-corrected chi connectivity index (χ1v) is 18.9. The number of amides is 1. The number of fused-ring (bicyclic) bond motifs is 7. The Labute approximate surface area is 285 Å². The van der Waals surface area contributed by atoms with Crippen LogP contribution in [0.15, 0.2) is 16.8 Å². The molecule has 0 aromatic heterocycles. The van der Waals surface area contributed by atoms with Gasteiger partial charge in [-0.15, -0.1) is 0 Å². The highest BCUT2D eigenvalue weighted by atomic mass is 32.2. The highest BCUT2D eigenvalue weighted by Crippen LogP contribution is 2.75. The zero-order valence-electron chi connectivity index (χ0n) is 29.3. The van der Waals surface area contributed by atoms with Gasteiger partial charge in [-0.3, -0.25) is 14.5 Å². The largest absolute Gasteiger partial charge is 0.469 e. The molecule has 0 aromatic carbocycles. The molecule has 5 aliphatic carbocycles. The Hall–Kier alpha value is -1.74. The number of rotatable bonds is 5. The number of nitrogens with zero attached hydrogens (tertiary/aromatic N) is 2. The summed E-state index contributed by atoms with van der Waals surface area (Å²) in [6, 6.07) is 0. The summed E-state index contributed by atoms with van der Waals surface area (Å²) in [7, 11) is 1.57. The fourth-order valence-electron chi connectivity index (χ4n) is 11.7. The maximum absolute atomic E-state index is 13.5. The van der Waals surface area contributed by atoms with E-state index in [-0.39, 0.29) is 63.2 Å². The SMILES string of the molecule is COC(=O)[C@]12CCC(C)(C)C[C@H]1C1=CC[C@@H]3[C@@]4(C)CC/C(=N/OC(=O)CCN5C(=O)CSC5=S)C(C)(C)[C@@H]4CC[C@@]3(C)[C@]1(C)CC2. The molecule has 0 N–H and O–H groups in total. The average molecular weight is 671 g/mol. The third-order valence-corrected chi connectivity index (χ3v) is 16.1. The summed E-state index contributed by atoms with van der Waals surface area (Å²) < 4.78 is 6.06. The van der Waals surface area contributed by atoms with Crippen LogP contribution < -0.4 is 0 Å². The summed E-state index contributed by atoms with van der Waals surface area (Å²) in [5, 5.41) is 4.50. The van der Waals surface area contributed by atoms with Gasteiger partial charge >= 0.3 is 11.9 Å². The molecule has 0 radical (unpaired) electrons. The average Bonchev–Trinajstić information content (AvgIpc) is 3.31. The minimum atomic E-state index is -0.426. The number of hydrogen-bond donors (Lipinski definition) is 0. The molecule has 7 atom stereocenters. The summed E-state index contributed by atoms with van der Waals surface area (Å²) >= 11 is 6.58. The molecule has 6 aliphatic rings. The first-order valence-electron chi connectivity index (χ1n) is 17.5. The van der Waals surface area contributed by atoms with Gasteiger partial charge in [-0.1, -0.05) is 89.3 Å². The monoisotopic (exact) mass is 670 g/mol. The Kier molecular flexibility index (Phi) is 8.47. The third kappa shape index (κ3) is 4.97. The highest BCUT2D eigenvalue weighted by Gasteiger charge is 2.69. The van der Waals surface area contributed by atoms with E-state index in [0.29, 0.717) is 21.9 Å². The maximum Gasteiger partial charge on any atom is 0.336 e. The van der Waals surface area contributed by atoms with E-state index in [1.807, 2.05) is 0 Å². The van der Waals surface area contributed by atoms with Crippen molar-refractivity contribution in [1.29, 1.82) is 0 Å². The second-order valence-electron chi connectivity index (χ2n) is 17.4. The first kappa shape index (κ1) is 34.1. The molecule has 9 heteroatoms. The second kappa shape index (κ2) is 11.4. The first-order chi connectivity index (χ1) is 21.4. The van der Waals surface area contributed by atoms with Crippen molar-refractivity contribution in [2.45, 2.75) is 119 Å². The molecular formula is C37H54N2O5S2. The Bertz CT molecular complexity index is 1390. The molecule has 0 unspecified atom stereocenters. The van der Waals surface area contributed by atoms with Crippen LogP contribution in [0.25, 0.3) is 0 Å². The fraction of sp³-hybridized carbons (Fsp3) is 0.811. The molecule has 1 amide bonds. The standard InChI is InChI=1S/C37H54N2O5S2/c1-32(2)16-18-37(30(42)43-8)19-17-35(6)23(24(37)21-32)9-10-26-34(5)14-12-27(33(3,4)25(34)11-15-36(26,35)7)38-44-29(41)13-20-39-28(40)22-46-31(39)45/h9,24-26H,10-22H2,1-8H3/b38-27-/t24-,25-,26+,34-,35+,36+,37-/m0/s1. The lowest BCUT2D eigenvalue weighted by atomic mass is 9.33. The van der Waals surface area contributed by atoms with E-state index in [4.69, 9.17) is 21.8 Å². The number of oxime groups is 1. The Morgan fingerprint density at radius 1 is 1.02 bits per heavy atom. The van der Waals surface area contributed by atoms with E-state index in [1.165, 1.54) is 16.7 Å². The van der Waals surface area contributed by atoms with Crippen molar-refractivity contribution in [3.8, 4) is 0 Å². The molecule has 46 heavy (non-hydrogen) atoms. The quantitative estimate of drug-likeness (QED) is 0.0961. The molecule has 0 aromatic rings. The van der Waals surface area contributed by atoms with Crippen LogP contribution >= 0.6 is 24.0 Å². The number of methoxy groups -OCH3 is 1. The third-order valence-electron chi connectivity index (χ3n) is 14.6. The van der Waals surface area contributed by atoms with Gasteiger partial charge in [0.25, 0.3) is 0 Å². The topological polar surface area (TPSA) is 85.3 Å². The molecule has 6 rings (SSSR count). The lowest BCUT2D eigenvalue weighted by Crippen LogP contribution is -2.64. The lowest BCUT2D eigenvalue weighted by molar-refractivity contribution is -0.181. The Morgan fingerprint density at radius 2 is 1.74 bits per heavy atom. The minimum absolute atomic E-state index is 0.00689. The number of carbonyl (C=O) groups excluding carboxylic acids is 3. The van der Waals surface area contributed by atoms with Crippen molar-refractivity contribution < 1.29 is 24.0 Å². The van der Waals surface area contributed by atoms with Crippen LogP contribution in [-0.2, 0) is 24.0 Å². The van der Waals surface area contributed by atoms with Gasteiger partial charge in [-0.25, -0.2) is 4.79 Å². The fourth-order valence-corrected chi connectivity index (χ4v) is 12.9. The van der Waals surface area contributed by atoms with Crippen LogP contribution in [0.4, 0.5) is 0 Å². The summed E-state index contributed by atoms with van der Waals surface area (Å²) in [5.41, 5.74) is 2.45. The van der Waals surface area contributed by atoms with Crippen molar-refractivity contribution >= 4 is 51.9 Å². The van der Waals surface area contributed by atoms with Crippen molar-refractivity contribution in [2.24, 2.45) is 55.4 Å². The molecule has 0 bridgehead atoms. The predicted octanol–water partition coefficient (Wildman–Crippen LogP) is 8.11. The van der Waals surface area contributed by atoms with Gasteiger partial charge in [0, 0.05) is 12.0 Å². The van der Waals surface area contributed by atoms with E-state index >= 15 is 0 Å². The normalized spacial score (nSPS) is 41.9. The second-order valence-corrected chi connectivity index (χ2v) is 19.0. The number of ether oxygens (including phenoxy) is 1. The van der Waals surface area contributed by atoms with E-state index in [0.717, 1.165) is 69.9 Å². The van der Waals surface area contributed by atoms with Crippen LogP contribution in [0.5, 0.6) is 0 Å². The van der Waals surface area contributed by atoms with Gasteiger partial charge in [0.1, 0.15) is 4.32 Å². The van der Waals surface area contributed by atoms with Gasteiger partial charge in [-0.05, 0) is 104 Å². The molecule has 254 valence electrons. The Morgan fingerprint density at radius 3 is 2.41 bits per heavy atom. The molecule has 1 aliphatic heterocycles. The molecule has 7 nitrogen and oxygen atoms in total. The predicted molar refractivity (Wildman–Crippen MR) is 186 cm³/mol. The lowest BCUT2D eigenvalue weighted by Gasteiger charge is -2.70. The van der Waals surface area contributed by atoms with Crippen LogP contribution in [0, 0.1) is 50.2 Å². The zero-order chi connectivity index (χ0) is 33.5. The van der Waals surface area contributed by atoms with Crippen molar-refractivity contribution in [2.75, 3.05) is 19.4 Å². The van der Waals surface area contributed by atoms with Crippen molar-refractivity contribution in [1.82, 2.24) is 4.90 Å². The molecule has 1 saturated heterocycles. The number of thiocarbonyl (C=S) groups is 1. The number of thioether (sulfide) groups is 1. The summed E-state index contributed by atoms with van der Waals surface area (Å²) in [5.74, 6) is 1.07. The maximum atomic E-state index is 13.5. The van der Waals surface area contributed by atoms with E-state index in [1.54, 1.807) is 12.7 Å². The molecule has 5 fully saturated rings. The summed E-state index contributed by atoms with van der Waals surface area (Å²) in [6.45, 7) is 17.2. The van der Waals surface area contributed by atoms with Gasteiger partial charge in [0.05, 0.1) is 30.4 Å². The van der Waals surface area contributed by atoms with Crippen LogP contribution in [-0.4, -0.2) is 52.2 Å². The van der Waals surface area contributed by atoms with Gasteiger partial charge in [-0.2, -0.15) is 0 Å². The summed E-state index contributed by atoms with van der Waals surface area (Å²) in [6.07, 6.45) is 12.8. The number of esters is 1. The molecule has 4 saturated carbocycles.